The molecular formula is C15H11Br2NOS. The number of hydrogen-bond donors (Lipinski definition) is 1. The van der Waals surface area contributed by atoms with Crippen molar-refractivity contribution in [3.8, 4) is 10.4 Å². The fraction of sp³-hybridized carbons (Fsp3) is 0.0667. The van der Waals surface area contributed by atoms with Gasteiger partial charge in [-0.1, -0.05) is 24.3 Å². The molecule has 102 valence electrons. The molecule has 20 heavy (non-hydrogen) atoms. The Labute approximate surface area is 138 Å². The number of hydrogen-bond acceptors (Lipinski definition) is 3. The lowest BCUT2D eigenvalue weighted by atomic mass is 10.1. The highest BCUT2D eigenvalue weighted by Gasteiger charge is 2.08. The van der Waals surface area contributed by atoms with E-state index in [1.54, 1.807) is 11.3 Å². The van der Waals surface area contributed by atoms with E-state index in [9.17, 15) is 0 Å². The second kappa shape index (κ2) is 6.16. The Kier molecular flexibility index (Phi) is 4.29. The van der Waals surface area contributed by atoms with Crippen molar-refractivity contribution < 1.29 is 4.42 Å². The molecule has 0 aliphatic heterocycles. The molecule has 0 amide bonds. The van der Waals surface area contributed by atoms with Crippen molar-refractivity contribution in [2.24, 2.45) is 0 Å². The van der Waals surface area contributed by atoms with Crippen LogP contribution < -0.4 is 5.32 Å². The van der Waals surface area contributed by atoms with Crippen LogP contribution in [0.1, 0.15) is 5.76 Å². The molecule has 3 aromatic rings. The summed E-state index contributed by atoms with van der Waals surface area (Å²) in [6.45, 7) is 0.645. The van der Waals surface area contributed by atoms with Crippen molar-refractivity contribution in [1.82, 2.24) is 0 Å². The second-order valence-electron chi connectivity index (χ2n) is 4.21. The number of para-hydroxylation sites is 1. The summed E-state index contributed by atoms with van der Waals surface area (Å²) in [6.07, 6.45) is 0. The van der Waals surface area contributed by atoms with Gasteiger partial charge < -0.3 is 9.73 Å². The van der Waals surface area contributed by atoms with Gasteiger partial charge in [-0.15, -0.1) is 11.3 Å². The molecule has 0 fully saturated rings. The number of benzene rings is 1. The molecule has 2 heterocycles. The summed E-state index contributed by atoms with van der Waals surface area (Å²) in [5.74, 6) is 0.879. The fourth-order valence-electron chi connectivity index (χ4n) is 1.94. The molecule has 0 aliphatic rings. The van der Waals surface area contributed by atoms with Crippen LogP contribution >= 0.6 is 43.2 Å². The molecule has 0 saturated heterocycles. The van der Waals surface area contributed by atoms with Crippen LogP contribution in [-0.4, -0.2) is 0 Å². The molecule has 2 aromatic heterocycles. The normalized spacial score (nSPS) is 10.7. The Morgan fingerprint density at radius 3 is 2.65 bits per heavy atom. The average Bonchev–Trinajstić information content (AvgIpc) is 3.08. The zero-order valence-electron chi connectivity index (χ0n) is 10.4. The average molecular weight is 413 g/mol. The zero-order valence-corrected chi connectivity index (χ0v) is 14.4. The smallest absolute Gasteiger partial charge is 0.183 e. The Morgan fingerprint density at radius 1 is 1.10 bits per heavy atom. The molecule has 2 nitrogen and oxygen atoms in total. The number of nitrogens with one attached hydrogen (secondary N) is 1. The zero-order chi connectivity index (χ0) is 13.9. The summed E-state index contributed by atoms with van der Waals surface area (Å²) in [4.78, 5) is 1.26. The monoisotopic (exact) mass is 411 g/mol. The maximum Gasteiger partial charge on any atom is 0.183 e. The third kappa shape index (κ3) is 3.00. The molecule has 0 unspecified atom stereocenters. The summed E-state index contributed by atoms with van der Waals surface area (Å²) in [5, 5.41) is 5.52. The fourth-order valence-corrected chi connectivity index (χ4v) is 3.37. The highest BCUT2D eigenvalue weighted by molar-refractivity contribution is 9.13. The van der Waals surface area contributed by atoms with E-state index in [0.29, 0.717) is 6.54 Å². The Balaban J connectivity index is 1.81. The number of thiophene rings is 1. The van der Waals surface area contributed by atoms with E-state index in [0.717, 1.165) is 20.6 Å². The van der Waals surface area contributed by atoms with Gasteiger partial charge in [0.25, 0.3) is 0 Å². The van der Waals surface area contributed by atoms with Gasteiger partial charge in [0.15, 0.2) is 4.67 Å². The molecule has 1 N–H and O–H groups in total. The van der Waals surface area contributed by atoms with Gasteiger partial charge in [0.05, 0.1) is 11.0 Å². The largest absolute Gasteiger partial charge is 0.451 e. The molecular weight excluding hydrogens is 402 g/mol. The first-order valence-electron chi connectivity index (χ1n) is 6.04. The van der Waals surface area contributed by atoms with Crippen LogP contribution in [0.15, 0.2) is 61.4 Å². The van der Waals surface area contributed by atoms with Crippen LogP contribution in [0.4, 0.5) is 5.69 Å². The predicted molar refractivity (Wildman–Crippen MR) is 91.2 cm³/mol. The Bertz CT molecular complexity index is 687. The van der Waals surface area contributed by atoms with E-state index in [1.165, 1.54) is 10.4 Å². The first-order chi connectivity index (χ1) is 9.74. The van der Waals surface area contributed by atoms with Crippen molar-refractivity contribution >= 4 is 48.9 Å². The summed E-state index contributed by atoms with van der Waals surface area (Å²) >= 11 is 8.51. The summed E-state index contributed by atoms with van der Waals surface area (Å²) < 4.78 is 7.23. The van der Waals surface area contributed by atoms with E-state index in [4.69, 9.17) is 4.42 Å². The van der Waals surface area contributed by atoms with Gasteiger partial charge in [-0.05, 0) is 55.4 Å². The SMILES string of the molecule is Brc1cc(CNc2ccccc2-c2cccs2)oc1Br. The molecule has 0 aliphatic carbocycles. The predicted octanol–water partition coefficient (Wildman–Crippen LogP) is 6.15. The van der Waals surface area contributed by atoms with Crippen LogP contribution in [-0.2, 0) is 6.54 Å². The molecule has 1 aromatic carbocycles. The van der Waals surface area contributed by atoms with Crippen molar-refractivity contribution in [3.05, 3.63) is 62.7 Å². The first-order valence-corrected chi connectivity index (χ1v) is 8.51. The minimum Gasteiger partial charge on any atom is -0.451 e. The first kappa shape index (κ1) is 13.9. The van der Waals surface area contributed by atoms with Gasteiger partial charge in [-0.25, -0.2) is 0 Å². The lowest BCUT2D eigenvalue weighted by Crippen LogP contribution is -1.99. The quantitative estimate of drug-likeness (QED) is 0.556. The molecule has 0 atom stereocenters. The van der Waals surface area contributed by atoms with Crippen LogP contribution in [0.3, 0.4) is 0 Å². The maximum absolute atomic E-state index is 5.58. The molecule has 0 radical (unpaired) electrons. The van der Waals surface area contributed by atoms with Crippen LogP contribution in [0.25, 0.3) is 10.4 Å². The molecule has 0 spiro atoms. The third-order valence-corrected chi connectivity index (χ3v) is 5.48. The number of halogens is 2. The maximum atomic E-state index is 5.58. The van der Waals surface area contributed by atoms with Gasteiger partial charge in [0.1, 0.15) is 5.76 Å². The van der Waals surface area contributed by atoms with Crippen LogP contribution in [0.2, 0.25) is 0 Å². The van der Waals surface area contributed by atoms with Gasteiger partial charge in [-0.2, -0.15) is 0 Å². The molecule has 0 saturated carbocycles. The minimum absolute atomic E-state index is 0.645. The van der Waals surface area contributed by atoms with Crippen LogP contribution in [0, 0.1) is 0 Å². The Hall–Kier alpha value is -1.04. The van der Waals surface area contributed by atoms with E-state index >= 15 is 0 Å². The lowest BCUT2D eigenvalue weighted by Gasteiger charge is -2.09. The number of furan rings is 1. The topological polar surface area (TPSA) is 25.2 Å². The summed E-state index contributed by atoms with van der Waals surface area (Å²) in [7, 11) is 0. The number of anilines is 1. The number of rotatable bonds is 4. The second-order valence-corrected chi connectivity index (χ2v) is 6.73. The van der Waals surface area contributed by atoms with E-state index in [2.05, 4.69) is 72.9 Å². The van der Waals surface area contributed by atoms with Crippen molar-refractivity contribution in [2.45, 2.75) is 6.54 Å². The van der Waals surface area contributed by atoms with Gasteiger partial charge in [0, 0.05) is 16.1 Å². The van der Waals surface area contributed by atoms with E-state index in [-0.39, 0.29) is 0 Å². The van der Waals surface area contributed by atoms with Crippen molar-refractivity contribution in [2.75, 3.05) is 5.32 Å². The van der Waals surface area contributed by atoms with Crippen LogP contribution in [0.5, 0.6) is 0 Å². The van der Waals surface area contributed by atoms with E-state index in [1.807, 2.05) is 12.1 Å². The van der Waals surface area contributed by atoms with Crippen molar-refractivity contribution in [1.29, 1.82) is 0 Å². The highest BCUT2D eigenvalue weighted by atomic mass is 79.9. The minimum atomic E-state index is 0.645. The summed E-state index contributed by atoms with van der Waals surface area (Å²) in [6, 6.07) is 14.5. The Morgan fingerprint density at radius 2 is 1.95 bits per heavy atom. The van der Waals surface area contributed by atoms with E-state index < -0.39 is 0 Å². The molecule has 0 bridgehead atoms. The van der Waals surface area contributed by atoms with Gasteiger partial charge in [-0.3, -0.25) is 0 Å². The third-order valence-electron chi connectivity index (χ3n) is 2.86. The summed E-state index contributed by atoms with van der Waals surface area (Å²) in [5.41, 5.74) is 2.32. The lowest BCUT2D eigenvalue weighted by molar-refractivity contribution is 0.494. The van der Waals surface area contributed by atoms with Gasteiger partial charge >= 0.3 is 0 Å². The molecule has 5 heteroatoms. The van der Waals surface area contributed by atoms with Gasteiger partial charge in [0.2, 0.25) is 0 Å². The van der Waals surface area contributed by atoms with Crippen molar-refractivity contribution in [3.63, 3.8) is 0 Å². The highest BCUT2D eigenvalue weighted by Crippen LogP contribution is 2.32. The molecule has 3 rings (SSSR count). The standard InChI is InChI=1S/C15H11Br2NOS/c16-12-8-10(19-15(12)17)9-18-13-5-2-1-4-11(13)14-6-3-7-20-14/h1-8,18H,9H2.